The molecule has 0 amide bonds. The smallest absolute Gasteiger partial charge is 0.399 e. The maximum absolute atomic E-state index is 13.2. The van der Waals surface area contributed by atoms with Crippen LogP contribution in [0.1, 0.15) is 27.7 Å². The minimum atomic E-state index is -3.99. The molecule has 19 nitrogen and oxygen atoms in total. The lowest BCUT2D eigenvalue weighted by Crippen LogP contribution is -2.41. The molecular weight excluding hydrogens is 1310 g/mol. The standard InChI is InChI=1S/C24H15ClFN5O2S.C19H11Cl2FN4O2S.C17H19BClFN2O4S/c25-24-22(31-34(32,33)19-4-2-18(26)3-5-19)12-17(13-29-24)16-1-6-20-21(11-16)30-23(14-28-20)15-7-9-27-10-8-15;20-18-10-23-15-6-1-11(7-16(15)25-18)12-8-17(19(21)24-9-12)26-29(27,28)14-4-2-13(22)3-5-14;1-16(2)17(3,4)26-18(25-16)11-9-14(15(19)21-10-11)22-27(23,24)13-7-5-12(20)6-8-13/h1-14,31H;1-10,26H;5-10,22H,1-4H3. The molecule has 1 saturated heterocycles. The fourth-order valence-electron chi connectivity index (χ4n) is 8.47. The number of aromatic nitrogens is 8. The second-order valence-electron chi connectivity index (χ2n) is 20.6. The van der Waals surface area contributed by atoms with Crippen LogP contribution < -0.4 is 19.6 Å². The molecule has 0 atom stereocenters. The van der Waals surface area contributed by atoms with Gasteiger partial charge in [-0.15, -0.1) is 0 Å². The van der Waals surface area contributed by atoms with Crippen LogP contribution in [-0.2, 0) is 39.4 Å². The van der Waals surface area contributed by atoms with Crippen molar-refractivity contribution in [1.82, 2.24) is 39.9 Å². The highest BCUT2D eigenvalue weighted by Crippen LogP contribution is 2.38. The highest BCUT2D eigenvalue weighted by atomic mass is 35.5. The van der Waals surface area contributed by atoms with Crippen LogP contribution in [0.15, 0.2) is 198 Å². The minimum absolute atomic E-state index is 0.0185. The first-order valence-corrected chi connectivity index (χ1v) is 32.4. The van der Waals surface area contributed by atoms with E-state index in [0.29, 0.717) is 44.4 Å². The van der Waals surface area contributed by atoms with Crippen molar-refractivity contribution in [3.05, 3.63) is 221 Å². The summed E-state index contributed by atoms with van der Waals surface area (Å²) in [5.74, 6) is -1.60. The number of nitrogens with one attached hydrogen (secondary N) is 3. The van der Waals surface area contributed by atoms with Crippen molar-refractivity contribution in [3.63, 3.8) is 0 Å². The maximum atomic E-state index is 13.2. The van der Waals surface area contributed by atoms with E-state index in [0.717, 1.165) is 77.4 Å². The fraction of sp³-hybridized carbons (Fsp3) is 0.100. The summed E-state index contributed by atoms with van der Waals surface area (Å²) < 4.78 is 134. The third kappa shape index (κ3) is 15.1. The Labute approximate surface area is 534 Å². The summed E-state index contributed by atoms with van der Waals surface area (Å²) in [5.41, 5.74) is 6.60. The minimum Gasteiger partial charge on any atom is -0.399 e. The Kier molecular flexibility index (Phi) is 18.8. The number of benzene rings is 5. The van der Waals surface area contributed by atoms with Gasteiger partial charge in [0.05, 0.1) is 83.1 Å². The SMILES string of the molecule is CC1(C)OB(c2cnc(Cl)c(NS(=O)(=O)c3ccc(F)cc3)c2)OC1(C)C.O=S(=O)(Nc1cc(-c2ccc3ncc(-c4ccncc4)nc3c2)cnc1Cl)c1ccc(F)cc1.O=S(=O)(Nc1cc(-c2ccc3ncc(Cl)nc3c2)cnc1Cl)c1ccc(F)cc1. The maximum Gasteiger partial charge on any atom is 0.496 e. The largest absolute Gasteiger partial charge is 0.496 e. The summed E-state index contributed by atoms with van der Waals surface area (Å²) in [5, 5.41) is 0.190. The Balaban J connectivity index is 0.000000150. The first kappa shape index (κ1) is 64.5. The molecule has 5 aromatic carbocycles. The van der Waals surface area contributed by atoms with E-state index in [1.807, 2.05) is 58.0 Å². The van der Waals surface area contributed by atoms with Gasteiger partial charge in [-0.1, -0.05) is 58.5 Å². The molecular formula is C60H45BCl4F3N11O8S3. The van der Waals surface area contributed by atoms with Crippen LogP contribution in [0.25, 0.3) is 55.6 Å². The van der Waals surface area contributed by atoms with Crippen LogP contribution >= 0.6 is 46.4 Å². The van der Waals surface area contributed by atoms with Crippen molar-refractivity contribution in [2.24, 2.45) is 0 Å². The van der Waals surface area contributed by atoms with Gasteiger partial charge in [-0.05, 0) is 166 Å². The van der Waals surface area contributed by atoms with Crippen LogP contribution in [0.3, 0.4) is 0 Å². The van der Waals surface area contributed by atoms with Crippen LogP contribution in [-0.4, -0.2) is 83.4 Å². The average molecular weight is 1350 g/mol. The predicted octanol–water partition coefficient (Wildman–Crippen LogP) is 13.3. The molecule has 1 aliphatic rings. The Morgan fingerprint density at radius 2 is 0.800 bits per heavy atom. The Morgan fingerprint density at radius 1 is 0.411 bits per heavy atom. The molecule has 0 aliphatic carbocycles. The number of pyridine rings is 4. The summed E-state index contributed by atoms with van der Waals surface area (Å²) in [6.07, 6.45) is 11.0. The van der Waals surface area contributed by atoms with Crippen molar-refractivity contribution in [2.75, 3.05) is 14.2 Å². The van der Waals surface area contributed by atoms with Gasteiger partial charge in [-0.3, -0.25) is 29.1 Å². The zero-order valence-corrected chi connectivity index (χ0v) is 52.6. The predicted molar refractivity (Wildman–Crippen MR) is 340 cm³/mol. The topological polar surface area (TPSA) is 260 Å². The van der Waals surface area contributed by atoms with Gasteiger partial charge in [0.15, 0.2) is 15.5 Å². The van der Waals surface area contributed by atoms with E-state index in [1.165, 1.54) is 36.8 Å². The first-order chi connectivity index (χ1) is 42.6. The van der Waals surface area contributed by atoms with E-state index in [4.69, 9.17) is 60.7 Å². The molecule has 0 unspecified atom stereocenters. The lowest BCUT2D eigenvalue weighted by atomic mass is 9.80. The molecule has 7 heterocycles. The molecule has 0 spiro atoms. The second kappa shape index (κ2) is 26.2. The highest BCUT2D eigenvalue weighted by Gasteiger charge is 2.52. The lowest BCUT2D eigenvalue weighted by Gasteiger charge is -2.32. The second-order valence-corrected chi connectivity index (χ2v) is 27.1. The number of anilines is 3. The summed E-state index contributed by atoms with van der Waals surface area (Å²) in [4.78, 5) is 33.5. The normalized spacial score (nSPS) is 13.6. The zero-order valence-electron chi connectivity index (χ0n) is 47.1. The Hall–Kier alpha value is -8.44. The number of nitrogens with zero attached hydrogens (tertiary/aromatic N) is 8. The van der Waals surface area contributed by atoms with Gasteiger partial charge in [0.25, 0.3) is 30.1 Å². The van der Waals surface area contributed by atoms with E-state index in [2.05, 4.69) is 49.1 Å². The van der Waals surface area contributed by atoms with Crippen molar-refractivity contribution < 1.29 is 47.7 Å². The van der Waals surface area contributed by atoms with Gasteiger partial charge in [0.2, 0.25) is 0 Å². The van der Waals surface area contributed by atoms with Gasteiger partial charge in [0, 0.05) is 53.1 Å². The van der Waals surface area contributed by atoms with E-state index < -0.39 is 65.8 Å². The average Bonchev–Trinajstić information content (AvgIpc) is 1.78. The molecule has 0 saturated carbocycles. The monoisotopic (exact) mass is 1350 g/mol. The number of hydrogen-bond acceptors (Lipinski definition) is 16. The van der Waals surface area contributed by atoms with Gasteiger partial charge in [-0.25, -0.2) is 63.3 Å². The Bertz CT molecular complexity index is 4860. The van der Waals surface area contributed by atoms with E-state index >= 15 is 0 Å². The molecule has 90 heavy (non-hydrogen) atoms. The lowest BCUT2D eigenvalue weighted by molar-refractivity contribution is 0.00578. The van der Waals surface area contributed by atoms with E-state index in [-0.39, 0.29) is 52.4 Å². The molecule has 12 rings (SSSR count). The van der Waals surface area contributed by atoms with Gasteiger partial charge >= 0.3 is 7.12 Å². The molecule has 11 aromatic rings. The quantitative estimate of drug-likeness (QED) is 0.0716. The number of hydrogen-bond donors (Lipinski definition) is 3. The molecule has 3 N–H and O–H groups in total. The number of halogens is 7. The van der Waals surface area contributed by atoms with Crippen LogP contribution in [0.5, 0.6) is 0 Å². The zero-order chi connectivity index (χ0) is 64.3. The van der Waals surface area contributed by atoms with Crippen molar-refractivity contribution in [1.29, 1.82) is 0 Å². The van der Waals surface area contributed by atoms with Crippen LogP contribution in [0, 0.1) is 17.5 Å². The van der Waals surface area contributed by atoms with Gasteiger partial charge in [-0.2, -0.15) is 0 Å². The summed E-state index contributed by atoms with van der Waals surface area (Å²) in [6, 6.07) is 32.6. The molecule has 0 bridgehead atoms. The first-order valence-electron chi connectivity index (χ1n) is 26.4. The van der Waals surface area contributed by atoms with E-state index in [9.17, 15) is 38.4 Å². The van der Waals surface area contributed by atoms with Crippen molar-refractivity contribution >= 4 is 128 Å². The highest BCUT2D eigenvalue weighted by molar-refractivity contribution is 7.93. The molecule has 1 fully saturated rings. The number of fused-ring (bicyclic) bond motifs is 2. The summed E-state index contributed by atoms with van der Waals surface area (Å²) in [6.45, 7) is 7.64. The van der Waals surface area contributed by atoms with Crippen LogP contribution in [0.4, 0.5) is 30.2 Å². The summed E-state index contributed by atoms with van der Waals surface area (Å²) >= 11 is 24.2. The third-order valence-corrected chi connectivity index (χ3v) is 19.1. The number of rotatable bonds is 13. The number of sulfonamides is 3. The molecule has 1 aliphatic heterocycles. The fourth-order valence-corrected chi connectivity index (χ4v) is 12.4. The molecule has 0 radical (unpaired) electrons. The van der Waals surface area contributed by atoms with Crippen molar-refractivity contribution in [3.8, 4) is 33.5 Å². The molecule has 6 aromatic heterocycles. The van der Waals surface area contributed by atoms with Crippen LogP contribution in [0.2, 0.25) is 20.6 Å². The van der Waals surface area contributed by atoms with Gasteiger partial charge < -0.3 is 9.31 Å². The Morgan fingerprint density at radius 3 is 1.23 bits per heavy atom. The van der Waals surface area contributed by atoms with Gasteiger partial charge in [0.1, 0.15) is 22.6 Å². The third-order valence-electron chi connectivity index (χ3n) is 13.9. The molecule has 30 heteroatoms. The summed E-state index contributed by atoms with van der Waals surface area (Å²) in [7, 11) is -12.6. The molecule has 458 valence electrons. The van der Waals surface area contributed by atoms with E-state index in [1.54, 1.807) is 55.1 Å². The van der Waals surface area contributed by atoms with Crippen molar-refractivity contribution in [2.45, 2.75) is 53.6 Å².